The zero-order chi connectivity index (χ0) is 34.1. The van der Waals surface area contributed by atoms with Crippen LogP contribution >= 0.6 is 0 Å². The highest BCUT2D eigenvalue weighted by Gasteiger charge is 2.18. The van der Waals surface area contributed by atoms with Crippen LogP contribution in [0.2, 0.25) is 0 Å². The minimum Gasteiger partial charge on any atom is -0.299 e. The highest BCUT2D eigenvalue weighted by molar-refractivity contribution is 5.87. The monoisotopic (exact) mass is 631 g/mol. The van der Waals surface area contributed by atoms with Crippen LogP contribution in [-0.4, -0.2) is 24.2 Å². The Morgan fingerprint density at radius 2 is 1.23 bits per heavy atom. The molecule has 250 valence electrons. The van der Waals surface area contributed by atoms with E-state index in [0.717, 1.165) is 26.1 Å². The lowest BCUT2D eigenvalue weighted by Crippen LogP contribution is -2.33. The first-order valence-electron chi connectivity index (χ1n) is 17.9. The Hall–Kier alpha value is -3.49. The topological polar surface area (TPSA) is 3.24 Å². The lowest BCUT2D eigenvalue weighted by molar-refractivity contribution is 0.145. The molecule has 1 heterocycles. The van der Waals surface area contributed by atoms with E-state index in [1.807, 2.05) is 0 Å². The summed E-state index contributed by atoms with van der Waals surface area (Å²) < 4.78 is 13.1. The molecule has 1 fully saturated rings. The summed E-state index contributed by atoms with van der Waals surface area (Å²) in [5.74, 6) is 1.78. The Labute approximate surface area is 285 Å². The molecule has 5 aromatic carbocycles. The lowest BCUT2D eigenvalue weighted by Gasteiger charge is -2.28. The zero-order valence-corrected chi connectivity index (χ0v) is 30.5. The fourth-order valence-corrected chi connectivity index (χ4v) is 7.13. The van der Waals surface area contributed by atoms with Crippen LogP contribution in [0.3, 0.4) is 0 Å². The standard InChI is InChI=1S/C16H24FN.C15H18.C14H16/c1-12(2)16-10-14(5-4-13(16)3)11-18-8-6-15(17)7-9-18;1-4-12-9-10-13-7-5-6-8-14(13)15(12)11(2)3;1-10(2)13-9-8-12-6-4-5-7-14(12)11(13)3/h4-5,10,12,15H,6-9,11H2,1-3H3;5-11H,4H2,1-3H3;4-10H,1-3H3. The quantitative estimate of drug-likeness (QED) is 0.180. The number of likely N-dealkylation sites (tertiary alicyclic amines) is 1. The molecule has 0 spiro atoms. The molecule has 0 aliphatic carbocycles. The molecule has 1 aliphatic heterocycles. The maximum Gasteiger partial charge on any atom is 0.103 e. The Morgan fingerprint density at radius 1 is 0.660 bits per heavy atom. The Kier molecular flexibility index (Phi) is 13.2. The molecule has 0 atom stereocenters. The molecule has 1 aliphatic rings. The minimum atomic E-state index is -0.578. The van der Waals surface area contributed by atoms with Crippen molar-refractivity contribution < 1.29 is 4.39 Å². The Balaban J connectivity index is 0.000000161. The van der Waals surface area contributed by atoms with Gasteiger partial charge in [0.2, 0.25) is 0 Å². The molecule has 0 aromatic heterocycles. The van der Waals surface area contributed by atoms with Gasteiger partial charge in [0.1, 0.15) is 6.17 Å². The van der Waals surface area contributed by atoms with Gasteiger partial charge in [-0.05, 0) is 111 Å². The number of nitrogens with zero attached hydrogens (tertiary/aromatic N) is 1. The van der Waals surface area contributed by atoms with Gasteiger partial charge in [0.05, 0.1) is 0 Å². The van der Waals surface area contributed by atoms with Crippen molar-refractivity contribution in [2.24, 2.45) is 0 Å². The highest BCUT2D eigenvalue weighted by Crippen LogP contribution is 2.30. The third kappa shape index (κ3) is 9.54. The van der Waals surface area contributed by atoms with E-state index in [-0.39, 0.29) is 0 Å². The second-order valence-corrected chi connectivity index (χ2v) is 14.3. The summed E-state index contributed by atoms with van der Waals surface area (Å²) in [7, 11) is 0. The lowest BCUT2D eigenvalue weighted by atomic mass is 9.90. The fourth-order valence-electron chi connectivity index (χ4n) is 7.13. The second-order valence-electron chi connectivity index (χ2n) is 14.3. The molecule has 5 aromatic rings. The molecule has 0 unspecified atom stereocenters. The van der Waals surface area contributed by atoms with Gasteiger partial charge in [-0.2, -0.15) is 0 Å². The fraction of sp³-hybridized carbons (Fsp3) is 0.422. The van der Waals surface area contributed by atoms with E-state index in [9.17, 15) is 4.39 Å². The maximum absolute atomic E-state index is 13.1. The van der Waals surface area contributed by atoms with Crippen LogP contribution < -0.4 is 0 Å². The van der Waals surface area contributed by atoms with E-state index < -0.39 is 6.17 Å². The van der Waals surface area contributed by atoms with Crippen molar-refractivity contribution in [1.82, 2.24) is 4.90 Å². The average Bonchev–Trinajstić information content (AvgIpc) is 3.06. The van der Waals surface area contributed by atoms with Gasteiger partial charge >= 0.3 is 0 Å². The van der Waals surface area contributed by atoms with Crippen molar-refractivity contribution in [3.05, 3.63) is 130 Å². The largest absolute Gasteiger partial charge is 0.299 e. The van der Waals surface area contributed by atoms with E-state index >= 15 is 0 Å². The van der Waals surface area contributed by atoms with Crippen LogP contribution in [0.4, 0.5) is 4.39 Å². The molecule has 0 amide bonds. The molecule has 0 saturated carbocycles. The number of alkyl halides is 1. The van der Waals surface area contributed by atoms with Gasteiger partial charge in [0.15, 0.2) is 0 Å². The van der Waals surface area contributed by atoms with Crippen LogP contribution in [0, 0.1) is 13.8 Å². The van der Waals surface area contributed by atoms with Crippen molar-refractivity contribution in [2.75, 3.05) is 13.1 Å². The third-order valence-corrected chi connectivity index (χ3v) is 9.77. The predicted octanol–water partition coefficient (Wildman–Crippen LogP) is 12.8. The van der Waals surface area contributed by atoms with Gasteiger partial charge in [-0.3, -0.25) is 4.90 Å². The first-order valence-corrected chi connectivity index (χ1v) is 17.9. The van der Waals surface area contributed by atoms with Crippen molar-refractivity contribution in [1.29, 1.82) is 0 Å². The van der Waals surface area contributed by atoms with E-state index in [1.54, 1.807) is 0 Å². The highest BCUT2D eigenvalue weighted by atomic mass is 19.1. The smallest absolute Gasteiger partial charge is 0.103 e. The van der Waals surface area contributed by atoms with Crippen LogP contribution in [0.25, 0.3) is 21.5 Å². The van der Waals surface area contributed by atoms with Crippen LogP contribution in [0.5, 0.6) is 0 Å². The number of fused-ring (bicyclic) bond motifs is 2. The van der Waals surface area contributed by atoms with Crippen molar-refractivity contribution in [3.8, 4) is 0 Å². The van der Waals surface area contributed by atoms with Gasteiger partial charge in [-0.15, -0.1) is 0 Å². The molecule has 0 radical (unpaired) electrons. The summed E-state index contributed by atoms with van der Waals surface area (Å²) >= 11 is 0. The third-order valence-electron chi connectivity index (χ3n) is 9.77. The molecule has 1 saturated heterocycles. The molecule has 1 nitrogen and oxygen atoms in total. The number of hydrogen-bond acceptors (Lipinski definition) is 1. The van der Waals surface area contributed by atoms with Crippen LogP contribution in [0.1, 0.15) is 118 Å². The molecular weight excluding hydrogens is 574 g/mol. The number of aryl methyl sites for hydroxylation is 3. The SMILES string of the molecule is CCc1ccc2ccccc2c1C(C)C.Cc1c(C(C)C)ccc2ccccc12.Cc1ccc(CN2CCC(F)CC2)cc1C(C)C. The first kappa shape index (κ1) is 36.3. The molecule has 2 heteroatoms. The molecular formula is C45H58FN. The van der Waals surface area contributed by atoms with Gasteiger partial charge in [-0.1, -0.05) is 139 Å². The summed E-state index contributed by atoms with van der Waals surface area (Å²) in [4.78, 5) is 2.37. The normalized spacial score (nSPS) is 14.0. The van der Waals surface area contributed by atoms with Gasteiger partial charge in [0, 0.05) is 19.6 Å². The molecule has 0 bridgehead atoms. The van der Waals surface area contributed by atoms with E-state index in [0.29, 0.717) is 30.6 Å². The average molecular weight is 632 g/mol. The Bertz CT molecular complexity index is 1720. The number of hydrogen-bond donors (Lipinski definition) is 0. The number of rotatable bonds is 6. The van der Waals surface area contributed by atoms with Crippen LogP contribution in [-0.2, 0) is 13.0 Å². The van der Waals surface area contributed by atoms with E-state index in [1.165, 1.54) is 60.5 Å². The molecule has 6 rings (SSSR count). The maximum atomic E-state index is 13.1. The van der Waals surface area contributed by atoms with Crippen molar-refractivity contribution in [3.63, 3.8) is 0 Å². The van der Waals surface area contributed by atoms with E-state index in [2.05, 4.69) is 158 Å². The second kappa shape index (κ2) is 17.1. The van der Waals surface area contributed by atoms with Crippen molar-refractivity contribution >= 4 is 21.5 Å². The van der Waals surface area contributed by atoms with E-state index in [4.69, 9.17) is 0 Å². The first-order chi connectivity index (χ1) is 22.5. The van der Waals surface area contributed by atoms with Gasteiger partial charge < -0.3 is 0 Å². The zero-order valence-electron chi connectivity index (χ0n) is 30.5. The minimum absolute atomic E-state index is 0.571. The predicted molar refractivity (Wildman–Crippen MR) is 205 cm³/mol. The van der Waals surface area contributed by atoms with Crippen LogP contribution in [0.15, 0.2) is 91.0 Å². The number of halogens is 1. The van der Waals surface area contributed by atoms with Crippen molar-refractivity contribution in [2.45, 2.75) is 112 Å². The van der Waals surface area contributed by atoms with Gasteiger partial charge in [0.25, 0.3) is 0 Å². The summed E-state index contributed by atoms with van der Waals surface area (Å²) in [6.07, 6.45) is 1.94. The summed E-state index contributed by atoms with van der Waals surface area (Å²) in [6.45, 7) is 22.9. The number of piperidine rings is 1. The van der Waals surface area contributed by atoms with Gasteiger partial charge in [-0.25, -0.2) is 4.39 Å². The summed E-state index contributed by atoms with van der Waals surface area (Å²) in [5.41, 5.74) is 10.1. The Morgan fingerprint density at radius 3 is 1.83 bits per heavy atom. The summed E-state index contributed by atoms with van der Waals surface area (Å²) in [6, 6.07) is 33.0. The molecule has 47 heavy (non-hydrogen) atoms. The number of benzene rings is 5. The summed E-state index contributed by atoms with van der Waals surface area (Å²) in [5, 5.41) is 5.51. The molecule has 0 N–H and O–H groups in total.